The van der Waals surface area contributed by atoms with E-state index in [1.165, 1.54) is 12.8 Å². The van der Waals surface area contributed by atoms with Crippen LogP contribution in [0.15, 0.2) is 24.3 Å². The minimum atomic E-state index is -1.10. The van der Waals surface area contributed by atoms with Crippen LogP contribution < -0.4 is 10.2 Å². The second-order valence-electron chi connectivity index (χ2n) is 4.43. The van der Waals surface area contributed by atoms with E-state index in [1.54, 1.807) is 12.2 Å². The number of rotatable bonds is 10. The third-order valence-corrected chi connectivity index (χ3v) is 2.46. The molecule has 0 amide bonds. The standard InChI is InChI=1S/2C8H14O2.Zn/c2*1-2-3-4-5-6-7-8(9)10;/h2*6-7H,2-5H2,1H3,(H,9,10);/q;;+2/p-2. The minimum absolute atomic E-state index is 0. The van der Waals surface area contributed by atoms with Crippen LogP contribution in [0.25, 0.3) is 0 Å². The first-order valence-electron chi connectivity index (χ1n) is 7.29. The number of carbonyl (C=O) groups excluding carboxylic acids is 2. The summed E-state index contributed by atoms with van der Waals surface area (Å²) in [5, 5.41) is 19.7. The molecule has 0 aromatic carbocycles. The number of hydrogen-bond donors (Lipinski definition) is 0. The number of carbonyl (C=O) groups is 2. The molecule has 0 aliphatic heterocycles. The van der Waals surface area contributed by atoms with Gasteiger partial charge in [0.1, 0.15) is 0 Å². The first-order valence-corrected chi connectivity index (χ1v) is 7.29. The van der Waals surface area contributed by atoms with Crippen molar-refractivity contribution in [1.29, 1.82) is 0 Å². The molecule has 116 valence electrons. The van der Waals surface area contributed by atoms with Crippen molar-refractivity contribution in [2.75, 3.05) is 0 Å². The summed E-state index contributed by atoms with van der Waals surface area (Å²) in [6, 6.07) is 0. The second kappa shape index (κ2) is 21.3. The van der Waals surface area contributed by atoms with Crippen molar-refractivity contribution in [3.05, 3.63) is 24.3 Å². The molecular formula is C16H26O4Zn. The van der Waals surface area contributed by atoms with Crippen LogP contribution in [0, 0.1) is 0 Å². The van der Waals surface area contributed by atoms with Gasteiger partial charge in [0.15, 0.2) is 0 Å². The van der Waals surface area contributed by atoms with Crippen LogP contribution in [0.1, 0.15) is 65.2 Å². The number of carboxylic acids is 2. The fourth-order valence-electron chi connectivity index (χ4n) is 1.38. The topological polar surface area (TPSA) is 80.3 Å². The molecule has 0 aromatic rings. The van der Waals surface area contributed by atoms with Gasteiger partial charge in [0.05, 0.1) is 11.9 Å². The van der Waals surface area contributed by atoms with E-state index in [4.69, 9.17) is 0 Å². The fraction of sp³-hybridized carbons (Fsp3) is 0.625. The Balaban J connectivity index is -0.000000295. The molecule has 0 atom stereocenters. The van der Waals surface area contributed by atoms with Gasteiger partial charge >= 0.3 is 19.5 Å². The van der Waals surface area contributed by atoms with E-state index in [-0.39, 0.29) is 19.5 Å². The average Bonchev–Trinajstić information content (AvgIpc) is 2.38. The first kappa shape index (κ1) is 25.0. The summed E-state index contributed by atoms with van der Waals surface area (Å²) < 4.78 is 0. The van der Waals surface area contributed by atoms with E-state index in [1.807, 2.05) is 0 Å². The largest absolute Gasteiger partial charge is 2.00 e. The Kier molecular flexibility index (Phi) is 25.4. The molecule has 0 spiro atoms. The van der Waals surface area contributed by atoms with E-state index in [0.29, 0.717) is 0 Å². The Morgan fingerprint density at radius 1 is 0.762 bits per heavy atom. The molecule has 0 aliphatic rings. The SMILES string of the molecule is CCCCCC=CC(=O)[O-].CCCCCC=CC(=O)[O-].[Zn+2]. The zero-order chi connectivity index (χ0) is 15.6. The zero-order valence-electron chi connectivity index (χ0n) is 13.3. The number of unbranched alkanes of at least 4 members (excludes halogenated alkanes) is 6. The molecule has 0 N–H and O–H groups in total. The number of carboxylic acid groups (broad SMARTS) is 2. The van der Waals surface area contributed by atoms with Gasteiger partial charge in [-0.3, -0.25) is 0 Å². The molecule has 0 unspecified atom stereocenters. The van der Waals surface area contributed by atoms with E-state index in [2.05, 4.69) is 13.8 Å². The second-order valence-corrected chi connectivity index (χ2v) is 4.43. The Hall–Kier alpha value is -0.957. The van der Waals surface area contributed by atoms with Crippen LogP contribution in [-0.2, 0) is 29.1 Å². The molecule has 4 nitrogen and oxygen atoms in total. The Morgan fingerprint density at radius 2 is 1.10 bits per heavy atom. The molecule has 0 rings (SSSR count). The number of hydrogen-bond acceptors (Lipinski definition) is 4. The summed E-state index contributed by atoms with van der Waals surface area (Å²) in [4.78, 5) is 19.7. The van der Waals surface area contributed by atoms with Crippen molar-refractivity contribution >= 4 is 11.9 Å². The molecule has 0 saturated carbocycles. The van der Waals surface area contributed by atoms with Gasteiger partial charge in [-0.1, -0.05) is 51.7 Å². The minimum Gasteiger partial charge on any atom is -0.545 e. The van der Waals surface area contributed by atoms with Gasteiger partial charge < -0.3 is 19.8 Å². The molecular weight excluding hydrogens is 322 g/mol. The summed E-state index contributed by atoms with van der Waals surface area (Å²) in [6.45, 7) is 4.23. The van der Waals surface area contributed by atoms with Gasteiger partial charge in [-0.05, 0) is 37.8 Å². The van der Waals surface area contributed by atoms with Gasteiger partial charge in [0.2, 0.25) is 0 Å². The maximum absolute atomic E-state index is 9.83. The van der Waals surface area contributed by atoms with Crippen molar-refractivity contribution in [3.63, 3.8) is 0 Å². The fourth-order valence-corrected chi connectivity index (χ4v) is 1.38. The molecule has 0 heterocycles. The van der Waals surface area contributed by atoms with Crippen LogP contribution in [0.4, 0.5) is 0 Å². The molecule has 0 bridgehead atoms. The van der Waals surface area contributed by atoms with Crippen molar-refractivity contribution < 1.29 is 39.3 Å². The monoisotopic (exact) mass is 346 g/mol. The van der Waals surface area contributed by atoms with Crippen molar-refractivity contribution in [3.8, 4) is 0 Å². The molecule has 5 heteroatoms. The summed E-state index contributed by atoms with van der Waals surface area (Å²) in [5.74, 6) is -2.20. The Labute approximate surface area is 141 Å². The molecule has 0 radical (unpaired) electrons. The van der Waals surface area contributed by atoms with E-state index < -0.39 is 11.9 Å². The van der Waals surface area contributed by atoms with Crippen LogP contribution in [0.5, 0.6) is 0 Å². The van der Waals surface area contributed by atoms with E-state index in [9.17, 15) is 19.8 Å². The number of aliphatic carboxylic acids is 2. The summed E-state index contributed by atoms with van der Waals surface area (Å²) in [7, 11) is 0. The van der Waals surface area contributed by atoms with Crippen molar-refractivity contribution in [2.45, 2.75) is 65.2 Å². The van der Waals surface area contributed by atoms with Gasteiger partial charge in [-0.15, -0.1) is 0 Å². The summed E-state index contributed by atoms with van der Waals surface area (Å²) >= 11 is 0. The Morgan fingerprint density at radius 3 is 1.33 bits per heavy atom. The zero-order valence-corrected chi connectivity index (χ0v) is 16.3. The third kappa shape index (κ3) is 32.5. The molecule has 0 aromatic heterocycles. The van der Waals surface area contributed by atoms with Crippen LogP contribution in [0.2, 0.25) is 0 Å². The van der Waals surface area contributed by atoms with Gasteiger partial charge in [0.25, 0.3) is 0 Å². The van der Waals surface area contributed by atoms with Crippen LogP contribution in [-0.4, -0.2) is 11.9 Å². The van der Waals surface area contributed by atoms with Gasteiger partial charge in [-0.25, -0.2) is 0 Å². The predicted molar refractivity (Wildman–Crippen MR) is 76.6 cm³/mol. The van der Waals surface area contributed by atoms with E-state index >= 15 is 0 Å². The van der Waals surface area contributed by atoms with Crippen LogP contribution >= 0.6 is 0 Å². The molecule has 0 fully saturated rings. The summed E-state index contributed by atoms with van der Waals surface area (Å²) in [5.41, 5.74) is 0. The number of allylic oxidation sites excluding steroid dienone is 2. The van der Waals surface area contributed by atoms with E-state index in [0.717, 1.165) is 50.7 Å². The maximum atomic E-state index is 9.83. The van der Waals surface area contributed by atoms with Crippen molar-refractivity contribution in [2.24, 2.45) is 0 Å². The summed E-state index contributed by atoms with van der Waals surface area (Å²) in [6.07, 6.45) is 14.0. The molecule has 21 heavy (non-hydrogen) atoms. The van der Waals surface area contributed by atoms with Gasteiger partial charge in [0, 0.05) is 0 Å². The normalized spacial score (nSPS) is 10.0. The maximum Gasteiger partial charge on any atom is 2.00 e. The molecule has 0 aliphatic carbocycles. The van der Waals surface area contributed by atoms with Gasteiger partial charge in [-0.2, -0.15) is 0 Å². The first-order chi connectivity index (χ1) is 9.54. The smallest absolute Gasteiger partial charge is 0.545 e. The predicted octanol–water partition coefficient (Wildman–Crippen LogP) is 1.74. The van der Waals surface area contributed by atoms with Crippen LogP contribution in [0.3, 0.4) is 0 Å². The van der Waals surface area contributed by atoms with Crippen molar-refractivity contribution in [1.82, 2.24) is 0 Å². The molecule has 0 saturated heterocycles. The third-order valence-electron chi connectivity index (χ3n) is 2.46. The quantitative estimate of drug-likeness (QED) is 0.342. The average molecular weight is 348 g/mol. The Bertz CT molecular complexity index is 269.